The van der Waals surface area contributed by atoms with E-state index < -0.39 is 20.8 Å². The molecule has 0 unspecified atom stereocenters. The summed E-state index contributed by atoms with van der Waals surface area (Å²) in [5.41, 5.74) is 7.19. The van der Waals surface area contributed by atoms with Gasteiger partial charge in [-0.3, -0.25) is 9.54 Å². The van der Waals surface area contributed by atoms with Crippen LogP contribution in [-0.4, -0.2) is 33.6 Å². The maximum atomic E-state index is 11.8. The van der Waals surface area contributed by atoms with E-state index in [1.807, 2.05) is 24.3 Å². The minimum Gasteiger partial charge on any atom is -0.505 e. The summed E-state index contributed by atoms with van der Waals surface area (Å²) in [5.74, 6) is -0.447. The minimum atomic E-state index is -4.67. The van der Waals surface area contributed by atoms with Crippen LogP contribution in [0.15, 0.2) is 120 Å². The second-order valence-corrected chi connectivity index (χ2v) is 12.6. The Bertz CT molecular complexity index is 2360. The molecule has 0 amide bonds. The number of pyridine rings is 1. The quantitative estimate of drug-likeness (QED) is 0.0211. The molecule has 0 saturated heterocycles. The maximum Gasteiger partial charge on any atom is 0.296 e. The van der Waals surface area contributed by atoms with Crippen LogP contribution in [0.4, 0.5) is 28.4 Å². The number of benzene rings is 5. The molecule has 0 saturated carbocycles. The van der Waals surface area contributed by atoms with Crippen molar-refractivity contribution in [3.8, 4) is 5.75 Å². The number of hydrogen-bond acceptors (Lipinski definition) is 17. The SMILES string of the molecule is Nc1cc2c(O)c(N=Nc3ccc(N=Nc4ccc5ccc(SOOO)cc5c4)c4ncccc34)c(SOOO)cc2cc1S(=O)(=O)O. The molecule has 0 atom stereocenters. The lowest BCUT2D eigenvalue weighted by Gasteiger charge is -2.11. The van der Waals surface area contributed by atoms with Gasteiger partial charge in [-0.15, -0.1) is 24.0 Å². The van der Waals surface area contributed by atoms with Gasteiger partial charge >= 0.3 is 0 Å². The number of phenolic OH excluding ortho intramolecular Hbond substituents is 1. The highest BCUT2D eigenvalue weighted by Gasteiger charge is 2.21. The van der Waals surface area contributed by atoms with Gasteiger partial charge in [0.2, 0.25) is 0 Å². The lowest BCUT2D eigenvalue weighted by atomic mass is 10.1. The first-order valence-corrected chi connectivity index (χ1v) is 16.2. The number of aromatic hydroxyl groups is 1. The molecule has 1 heterocycles. The fraction of sp³-hybridized carbons (Fsp3) is 0. The summed E-state index contributed by atoms with van der Waals surface area (Å²) in [6.07, 6.45) is 1.58. The molecular formula is C29H20N6O10S3. The van der Waals surface area contributed by atoms with Gasteiger partial charge in [-0.1, -0.05) is 22.2 Å². The molecule has 48 heavy (non-hydrogen) atoms. The summed E-state index contributed by atoms with van der Waals surface area (Å²) < 4.78 is 42.1. The van der Waals surface area contributed by atoms with Crippen molar-refractivity contribution in [1.82, 2.24) is 4.98 Å². The Morgan fingerprint density at radius 1 is 0.750 bits per heavy atom. The van der Waals surface area contributed by atoms with E-state index in [4.69, 9.17) is 16.2 Å². The fourth-order valence-corrected chi connectivity index (χ4v) is 6.27. The zero-order chi connectivity index (χ0) is 33.8. The average Bonchev–Trinajstić information content (AvgIpc) is 3.08. The number of phenols is 1. The van der Waals surface area contributed by atoms with Crippen molar-refractivity contribution in [2.24, 2.45) is 20.5 Å². The Labute approximate surface area is 278 Å². The van der Waals surface area contributed by atoms with Crippen LogP contribution < -0.4 is 5.73 Å². The van der Waals surface area contributed by atoms with Crippen molar-refractivity contribution in [1.29, 1.82) is 0 Å². The molecule has 244 valence electrons. The molecule has 0 aliphatic rings. The Kier molecular flexibility index (Phi) is 9.75. The number of nitrogen functional groups attached to an aromatic ring is 1. The minimum absolute atomic E-state index is 0.0621. The van der Waals surface area contributed by atoms with E-state index >= 15 is 0 Å². The number of aromatic nitrogens is 1. The van der Waals surface area contributed by atoms with Crippen molar-refractivity contribution >= 4 is 95.1 Å². The van der Waals surface area contributed by atoms with Gasteiger partial charge in [-0.05, 0) is 82.9 Å². The van der Waals surface area contributed by atoms with E-state index in [9.17, 15) is 18.1 Å². The average molecular weight is 709 g/mol. The number of anilines is 1. The third kappa shape index (κ3) is 7.05. The highest BCUT2D eigenvalue weighted by Crippen LogP contribution is 2.46. The van der Waals surface area contributed by atoms with Crippen LogP contribution in [-0.2, 0) is 28.9 Å². The normalized spacial score (nSPS) is 12.3. The topological polar surface area (TPSA) is 240 Å². The Morgan fingerprint density at radius 2 is 1.50 bits per heavy atom. The third-order valence-electron chi connectivity index (χ3n) is 6.83. The fourth-order valence-electron chi connectivity index (χ4n) is 4.73. The molecule has 6 aromatic rings. The highest BCUT2D eigenvalue weighted by atomic mass is 32.2. The van der Waals surface area contributed by atoms with Crippen LogP contribution >= 0.6 is 24.1 Å². The van der Waals surface area contributed by atoms with Gasteiger partial charge in [-0.2, -0.15) is 13.5 Å². The van der Waals surface area contributed by atoms with E-state index in [1.165, 1.54) is 6.07 Å². The molecule has 5 aromatic carbocycles. The molecule has 16 nitrogen and oxygen atoms in total. The Balaban J connectivity index is 1.36. The number of azo groups is 2. The van der Waals surface area contributed by atoms with E-state index in [0.717, 1.165) is 34.9 Å². The largest absolute Gasteiger partial charge is 0.505 e. The van der Waals surface area contributed by atoms with Gasteiger partial charge in [0.1, 0.15) is 16.3 Å². The Hall–Kier alpha value is -4.80. The van der Waals surface area contributed by atoms with E-state index in [1.54, 1.807) is 42.6 Å². The lowest BCUT2D eigenvalue weighted by molar-refractivity contribution is -0.432. The molecule has 0 radical (unpaired) electrons. The molecule has 0 aliphatic carbocycles. The summed E-state index contributed by atoms with van der Waals surface area (Å²) >= 11 is 1.29. The first-order chi connectivity index (χ1) is 23.2. The second kappa shape index (κ2) is 14.1. The first kappa shape index (κ1) is 33.1. The zero-order valence-corrected chi connectivity index (χ0v) is 26.3. The Morgan fingerprint density at radius 3 is 2.29 bits per heavy atom. The van der Waals surface area contributed by atoms with Crippen LogP contribution in [0.2, 0.25) is 0 Å². The van der Waals surface area contributed by atoms with Crippen LogP contribution in [0.5, 0.6) is 5.75 Å². The monoisotopic (exact) mass is 708 g/mol. The van der Waals surface area contributed by atoms with Crippen molar-refractivity contribution in [2.45, 2.75) is 14.7 Å². The van der Waals surface area contributed by atoms with E-state index in [-0.39, 0.29) is 27.0 Å². The third-order valence-corrected chi connectivity index (χ3v) is 8.93. The second-order valence-electron chi connectivity index (χ2n) is 9.71. The standard InChI is InChI=1S/C29H20N6O10S3/c30-22-14-21-17(13-26(22)48(39,40)41)12-25(47-45-43-38)28(29(21)36)35-33-23-7-8-24(27-20(23)2-1-9-31-27)34-32-18-5-3-15-4-6-19(46-44-42-37)11-16(15)10-18/h1-14,36-38H,30H2,(H,39,40,41). The number of rotatable bonds is 11. The van der Waals surface area contributed by atoms with Gasteiger partial charge in [-0.25, -0.2) is 10.5 Å². The van der Waals surface area contributed by atoms with Gasteiger partial charge in [0.15, 0.2) is 5.75 Å². The first-order valence-electron chi connectivity index (χ1n) is 13.3. The van der Waals surface area contributed by atoms with E-state index in [2.05, 4.69) is 44.2 Å². The molecular weight excluding hydrogens is 689 g/mol. The van der Waals surface area contributed by atoms with Gasteiger partial charge < -0.3 is 10.8 Å². The number of hydrogen-bond donors (Lipinski definition) is 5. The molecule has 1 aromatic heterocycles. The summed E-state index contributed by atoms with van der Waals surface area (Å²) in [6, 6.07) is 21.4. The molecule has 0 bridgehead atoms. The number of fused-ring (bicyclic) bond motifs is 3. The van der Waals surface area contributed by atoms with Crippen LogP contribution in [0.3, 0.4) is 0 Å². The molecule has 0 aliphatic heterocycles. The van der Waals surface area contributed by atoms with Crippen LogP contribution in [0, 0.1) is 0 Å². The highest BCUT2D eigenvalue weighted by molar-refractivity contribution is 7.95. The van der Waals surface area contributed by atoms with E-state index in [0.29, 0.717) is 44.9 Å². The maximum absolute atomic E-state index is 11.8. The van der Waals surface area contributed by atoms with Crippen LogP contribution in [0.25, 0.3) is 32.4 Å². The molecule has 6 rings (SSSR count). The zero-order valence-electron chi connectivity index (χ0n) is 23.9. The van der Waals surface area contributed by atoms with Crippen molar-refractivity contribution < 1.29 is 47.3 Å². The van der Waals surface area contributed by atoms with Crippen molar-refractivity contribution in [2.75, 3.05) is 5.73 Å². The predicted octanol–water partition coefficient (Wildman–Crippen LogP) is 8.76. The number of nitrogens with zero attached hydrogens (tertiary/aromatic N) is 5. The van der Waals surface area contributed by atoms with Gasteiger partial charge in [0.05, 0.1) is 51.6 Å². The summed E-state index contributed by atoms with van der Waals surface area (Å²) in [4.78, 5) is 4.64. The molecule has 0 fully saturated rings. The van der Waals surface area contributed by atoms with Crippen molar-refractivity contribution in [3.05, 3.63) is 85.1 Å². The predicted molar refractivity (Wildman–Crippen MR) is 175 cm³/mol. The summed E-state index contributed by atoms with van der Waals surface area (Å²) in [5, 5.41) is 55.5. The van der Waals surface area contributed by atoms with Gasteiger partial charge in [0, 0.05) is 21.9 Å². The van der Waals surface area contributed by atoms with Crippen molar-refractivity contribution in [3.63, 3.8) is 0 Å². The lowest BCUT2D eigenvalue weighted by Crippen LogP contribution is -2.03. The number of nitrogens with two attached hydrogens (primary N) is 1. The molecule has 19 heteroatoms. The molecule has 0 spiro atoms. The summed E-state index contributed by atoms with van der Waals surface area (Å²) in [6.45, 7) is 0. The smallest absolute Gasteiger partial charge is 0.296 e. The van der Waals surface area contributed by atoms with Gasteiger partial charge in [0.25, 0.3) is 10.1 Å². The van der Waals surface area contributed by atoms with Crippen LogP contribution in [0.1, 0.15) is 0 Å². The summed E-state index contributed by atoms with van der Waals surface area (Å²) in [7, 11) is -4.67. The molecule has 6 N–H and O–H groups in total.